The van der Waals surface area contributed by atoms with Crippen LogP contribution in [0.5, 0.6) is 0 Å². The molecule has 0 radical (unpaired) electrons. The van der Waals surface area contributed by atoms with Gasteiger partial charge in [0.1, 0.15) is 9.84 Å². The summed E-state index contributed by atoms with van der Waals surface area (Å²) in [6.45, 7) is 2.02. The van der Waals surface area contributed by atoms with Gasteiger partial charge in [-0.2, -0.15) is 0 Å². The molecule has 6 nitrogen and oxygen atoms in total. The van der Waals surface area contributed by atoms with E-state index in [9.17, 15) is 13.2 Å². The van der Waals surface area contributed by atoms with Gasteiger partial charge in [-0.25, -0.2) is 18.4 Å². The average molecular weight is 422 g/mol. The second kappa shape index (κ2) is 7.71. The van der Waals surface area contributed by atoms with Crippen molar-refractivity contribution in [1.29, 1.82) is 0 Å². The number of carbonyl (C=O) groups is 1. The molecule has 8 heteroatoms. The highest BCUT2D eigenvalue weighted by atomic mass is 32.2. The van der Waals surface area contributed by atoms with Gasteiger partial charge >= 0.3 is 0 Å². The first-order valence-electron chi connectivity index (χ1n) is 10.0. The molecule has 4 rings (SSSR count). The van der Waals surface area contributed by atoms with E-state index >= 15 is 0 Å². The first-order valence-corrected chi connectivity index (χ1v) is 12.9. The van der Waals surface area contributed by atoms with Gasteiger partial charge in [-0.3, -0.25) is 4.79 Å². The molecule has 2 aliphatic rings. The van der Waals surface area contributed by atoms with Crippen LogP contribution in [0.15, 0.2) is 12.3 Å². The summed E-state index contributed by atoms with van der Waals surface area (Å²) in [5.41, 5.74) is 1.33. The van der Waals surface area contributed by atoms with Crippen LogP contribution < -0.4 is 5.32 Å². The summed E-state index contributed by atoms with van der Waals surface area (Å²) in [5, 5.41) is 4.28. The van der Waals surface area contributed by atoms with Gasteiger partial charge in [0.25, 0.3) is 5.91 Å². The number of hydrogen-bond donors (Lipinski definition) is 1. The van der Waals surface area contributed by atoms with Crippen LogP contribution in [0.3, 0.4) is 0 Å². The zero-order chi connectivity index (χ0) is 19.9. The number of fused-ring (bicyclic) bond motifs is 1. The van der Waals surface area contributed by atoms with Crippen molar-refractivity contribution in [2.24, 2.45) is 11.8 Å². The topological polar surface area (TPSA) is 89.0 Å². The number of rotatable bonds is 6. The van der Waals surface area contributed by atoms with Gasteiger partial charge in [0.15, 0.2) is 5.65 Å². The Morgan fingerprint density at radius 1 is 1.25 bits per heavy atom. The lowest BCUT2D eigenvalue weighted by Gasteiger charge is -2.32. The van der Waals surface area contributed by atoms with Crippen molar-refractivity contribution >= 4 is 37.4 Å². The molecule has 152 valence electrons. The monoisotopic (exact) mass is 421 g/mol. The third kappa shape index (κ3) is 4.71. The van der Waals surface area contributed by atoms with Gasteiger partial charge in [0.2, 0.25) is 0 Å². The first-order chi connectivity index (χ1) is 13.3. The van der Waals surface area contributed by atoms with Crippen molar-refractivity contribution in [3.63, 3.8) is 0 Å². The molecular weight excluding hydrogens is 394 g/mol. The SMILES string of the molecule is CC(CS(C)(=O)=O)C1CCC(NC(=O)c2cnc3nc(C4CC4)sc3c2)CC1. The highest BCUT2D eigenvalue weighted by Gasteiger charge is 2.29. The molecule has 1 unspecified atom stereocenters. The molecular formula is C20H27N3O3S2. The van der Waals surface area contributed by atoms with Gasteiger partial charge in [-0.05, 0) is 56.4 Å². The Hall–Kier alpha value is -1.54. The minimum atomic E-state index is -2.94. The van der Waals surface area contributed by atoms with Crippen molar-refractivity contribution in [3.05, 3.63) is 22.8 Å². The number of amides is 1. The van der Waals surface area contributed by atoms with Gasteiger partial charge in [-0.1, -0.05) is 6.92 Å². The third-order valence-corrected chi connectivity index (χ3v) is 8.22. The van der Waals surface area contributed by atoms with Crippen molar-refractivity contribution in [1.82, 2.24) is 15.3 Å². The minimum Gasteiger partial charge on any atom is -0.349 e. The standard InChI is InChI=1S/C20H27N3O3S2/c1-12(11-28(2,25)26)13-5-7-16(8-6-13)22-19(24)15-9-17-18(21-10-15)23-20(27-17)14-3-4-14/h9-10,12-14,16H,3-8,11H2,1-2H3,(H,22,24). The Balaban J connectivity index is 1.33. The lowest BCUT2D eigenvalue weighted by atomic mass is 9.79. The minimum absolute atomic E-state index is 0.0802. The largest absolute Gasteiger partial charge is 0.349 e. The number of hydrogen-bond acceptors (Lipinski definition) is 6. The van der Waals surface area contributed by atoms with Crippen LogP contribution in [0.25, 0.3) is 10.3 Å². The van der Waals surface area contributed by atoms with Crippen LogP contribution in [0.4, 0.5) is 0 Å². The number of carbonyl (C=O) groups excluding carboxylic acids is 1. The van der Waals surface area contributed by atoms with Crippen molar-refractivity contribution in [2.45, 2.75) is 57.4 Å². The summed E-state index contributed by atoms with van der Waals surface area (Å²) in [4.78, 5) is 21.6. The van der Waals surface area contributed by atoms with Gasteiger partial charge in [0, 0.05) is 24.4 Å². The summed E-state index contributed by atoms with van der Waals surface area (Å²) in [6, 6.07) is 2.05. The zero-order valence-electron chi connectivity index (χ0n) is 16.3. The number of pyridine rings is 1. The highest BCUT2D eigenvalue weighted by Crippen LogP contribution is 2.43. The predicted molar refractivity (Wildman–Crippen MR) is 111 cm³/mol. The number of thiazole rings is 1. The molecule has 2 saturated carbocycles. The summed E-state index contributed by atoms with van der Waals surface area (Å²) < 4.78 is 24.0. The number of nitrogens with zero attached hydrogens (tertiary/aromatic N) is 2. The first kappa shape index (κ1) is 19.8. The number of aromatic nitrogens is 2. The quantitative estimate of drug-likeness (QED) is 0.771. The van der Waals surface area contributed by atoms with E-state index in [-0.39, 0.29) is 23.6 Å². The molecule has 2 aromatic rings. The lowest BCUT2D eigenvalue weighted by Crippen LogP contribution is -2.39. The number of nitrogens with one attached hydrogen (secondary N) is 1. The van der Waals surface area contributed by atoms with E-state index in [1.807, 2.05) is 13.0 Å². The number of sulfone groups is 1. The lowest BCUT2D eigenvalue weighted by molar-refractivity contribution is 0.0918. The van der Waals surface area contributed by atoms with Crippen molar-refractivity contribution < 1.29 is 13.2 Å². The van der Waals surface area contributed by atoms with Crippen LogP contribution in [0, 0.1) is 11.8 Å². The maximum absolute atomic E-state index is 12.7. The fraction of sp³-hybridized carbons (Fsp3) is 0.650. The molecule has 28 heavy (non-hydrogen) atoms. The molecule has 2 aromatic heterocycles. The molecule has 0 bridgehead atoms. The smallest absolute Gasteiger partial charge is 0.253 e. The molecule has 2 heterocycles. The molecule has 2 fully saturated rings. The van der Waals surface area contributed by atoms with E-state index in [0.29, 0.717) is 17.4 Å². The Morgan fingerprint density at radius 2 is 1.96 bits per heavy atom. The molecule has 0 aromatic carbocycles. The maximum Gasteiger partial charge on any atom is 0.253 e. The van der Waals surface area contributed by atoms with Crippen LogP contribution in [0.1, 0.15) is 66.7 Å². The summed E-state index contributed by atoms with van der Waals surface area (Å²) >= 11 is 1.65. The van der Waals surface area contributed by atoms with Crippen molar-refractivity contribution in [3.8, 4) is 0 Å². The Bertz CT molecular complexity index is 974. The molecule has 0 aliphatic heterocycles. The summed E-state index contributed by atoms with van der Waals surface area (Å²) in [5.74, 6) is 1.35. The van der Waals surface area contributed by atoms with Crippen LogP contribution in [-0.4, -0.2) is 42.3 Å². The Labute approximate surface area is 170 Å². The second-order valence-corrected chi connectivity index (χ2v) is 11.8. The highest BCUT2D eigenvalue weighted by molar-refractivity contribution is 7.90. The summed E-state index contributed by atoms with van der Waals surface area (Å²) in [6.07, 6.45) is 9.04. The molecule has 0 spiro atoms. The van der Waals surface area contributed by atoms with Gasteiger partial charge < -0.3 is 5.32 Å². The fourth-order valence-electron chi connectivity index (χ4n) is 4.18. The van der Waals surface area contributed by atoms with Gasteiger partial charge in [0.05, 0.1) is 21.0 Å². The van der Waals surface area contributed by atoms with Crippen LogP contribution >= 0.6 is 11.3 Å². The molecule has 0 saturated heterocycles. The Morgan fingerprint density at radius 3 is 2.61 bits per heavy atom. The van der Waals surface area contributed by atoms with Crippen LogP contribution in [-0.2, 0) is 9.84 Å². The van der Waals surface area contributed by atoms with E-state index in [0.717, 1.165) is 41.0 Å². The Kier molecular flexibility index (Phi) is 5.44. The van der Waals surface area contributed by atoms with E-state index < -0.39 is 9.84 Å². The van der Waals surface area contributed by atoms with E-state index in [4.69, 9.17) is 0 Å². The molecule has 1 amide bonds. The summed E-state index contributed by atoms with van der Waals surface area (Å²) in [7, 11) is -2.94. The normalized spacial score (nSPS) is 24.2. The molecule has 1 atom stereocenters. The van der Waals surface area contributed by atoms with Crippen LogP contribution in [0.2, 0.25) is 0 Å². The maximum atomic E-state index is 12.7. The predicted octanol–water partition coefficient (Wildman–Crippen LogP) is 3.54. The van der Waals surface area contributed by atoms with Crippen molar-refractivity contribution in [2.75, 3.05) is 12.0 Å². The third-order valence-electron chi connectivity index (χ3n) is 5.93. The fourth-order valence-corrected chi connectivity index (χ4v) is 6.54. The molecule has 1 N–H and O–H groups in total. The zero-order valence-corrected chi connectivity index (χ0v) is 18.0. The van der Waals surface area contributed by atoms with E-state index in [1.54, 1.807) is 17.5 Å². The van der Waals surface area contributed by atoms with Gasteiger partial charge in [-0.15, -0.1) is 11.3 Å². The van der Waals surface area contributed by atoms with E-state index in [1.165, 1.54) is 19.1 Å². The van der Waals surface area contributed by atoms with E-state index in [2.05, 4.69) is 15.3 Å². The molecule has 2 aliphatic carbocycles. The average Bonchev–Trinajstić information content (AvgIpc) is 3.39. The second-order valence-electron chi connectivity index (χ2n) is 8.53.